The van der Waals surface area contributed by atoms with Crippen LogP contribution in [0.5, 0.6) is 0 Å². The molecule has 1 N–H and O–H groups in total. The van der Waals surface area contributed by atoms with Gasteiger partial charge in [0.1, 0.15) is 5.82 Å². The summed E-state index contributed by atoms with van der Waals surface area (Å²) in [5.74, 6) is 1.71. The zero-order chi connectivity index (χ0) is 11.5. The van der Waals surface area contributed by atoms with Crippen LogP contribution in [0.15, 0.2) is 12.4 Å². The number of carbonyl (C=O) groups is 1. The molecule has 86 valence electrons. The third-order valence-corrected chi connectivity index (χ3v) is 3.69. The van der Waals surface area contributed by atoms with Gasteiger partial charge in [-0.25, -0.2) is 9.78 Å². The topological polar surface area (TPSA) is 66.3 Å². The van der Waals surface area contributed by atoms with Crippen LogP contribution in [0.1, 0.15) is 17.4 Å². The van der Waals surface area contributed by atoms with Gasteiger partial charge < -0.3 is 10.0 Å². The van der Waals surface area contributed by atoms with Crippen molar-refractivity contribution in [2.75, 3.05) is 23.0 Å². The summed E-state index contributed by atoms with van der Waals surface area (Å²) in [5.41, 5.74) is 0.00271. The van der Waals surface area contributed by atoms with E-state index in [-0.39, 0.29) is 5.69 Å². The van der Waals surface area contributed by atoms with E-state index in [1.54, 1.807) is 6.20 Å². The van der Waals surface area contributed by atoms with Gasteiger partial charge in [0.05, 0.1) is 12.4 Å². The smallest absolute Gasteiger partial charge is 0.356 e. The summed E-state index contributed by atoms with van der Waals surface area (Å²) >= 11 is 1.91. The standard InChI is InChI=1S/C10H13N3O2S/c1-7-6-16-3-2-13(7)9-5-11-4-8(12-9)10(14)15/h4-5,7H,2-3,6H2,1H3,(H,14,15). The molecule has 0 radical (unpaired) electrons. The molecule has 1 aliphatic rings. The minimum Gasteiger partial charge on any atom is -0.476 e. The first-order valence-corrected chi connectivity index (χ1v) is 6.23. The second kappa shape index (κ2) is 4.69. The van der Waals surface area contributed by atoms with E-state index in [2.05, 4.69) is 21.8 Å². The van der Waals surface area contributed by atoms with Crippen LogP contribution < -0.4 is 4.90 Å². The van der Waals surface area contributed by atoms with Crippen molar-refractivity contribution in [3.05, 3.63) is 18.1 Å². The molecule has 1 saturated heterocycles. The lowest BCUT2D eigenvalue weighted by Gasteiger charge is -2.33. The largest absolute Gasteiger partial charge is 0.476 e. The SMILES string of the molecule is CC1CSCCN1c1cncc(C(=O)O)n1. The van der Waals surface area contributed by atoms with Crippen LogP contribution in [-0.4, -0.2) is 45.1 Å². The van der Waals surface area contributed by atoms with Crippen molar-refractivity contribution in [2.45, 2.75) is 13.0 Å². The van der Waals surface area contributed by atoms with E-state index in [1.807, 2.05) is 11.8 Å². The molecule has 1 atom stereocenters. The lowest BCUT2D eigenvalue weighted by atomic mass is 10.3. The first-order valence-electron chi connectivity index (χ1n) is 5.08. The van der Waals surface area contributed by atoms with E-state index in [0.29, 0.717) is 11.9 Å². The Morgan fingerprint density at radius 1 is 1.62 bits per heavy atom. The van der Waals surface area contributed by atoms with Crippen LogP contribution in [0, 0.1) is 0 Å². The fourth-order valence-corrected chi connectivity index (χ4v) is 2.68. The molecule has 1 aromatic heterocycles. The third-order valence-electron chi connectivity index (χ3n) is 2.50. The first kappa shape index (κ1) is 11.2. The molecule has 1 fully saturated rings. The highest BCUT2D eigenvalue weighted by molar-refractivity contribution is 7.99. The number of aromatic nitrogens is 2. The highest BCUT2D eigenvalue weighted by Gasteiger charge is 2.21. The van der Waals surface area contributed by atoms with Crippen LogP contribution in [0.3, 0.4) is 0 Å². The summed E-state index contributed by atoms with van der Waals surface area (Å²) < 4.78 is 0. The number of aromatic carboxylic acids is 1. The van der Waals surface area contributed by atoms with E-state index >= 15 is 0 Å². The molecule has 0 spiro atoms. The molecule has 6 heteroatoms. The predicted molar refractivity (Wildman–Crippen MR) is 63.1 cm³/mol. The van der Waals surface area contributed by atoms with Crippen molar-refractivity contribution in [1.82, 2.24) is 9.97 Å². The zero-order valence-corrected chi connectivity index (χ0v) is 9.78. The highest BCUT2D eigenvalue weighted by Crippen LogP contribution is 2.21. The van der Waals surface area contributed by atoms with E-state index < -0.39 is 5.97 Å². The lowest BCUT2D eigenvalue weighted by Crippen LogP contribution is -2.41. The number of carboxylic acid groups (broad SMARTS) is 1. The van der Waals surface area contributed by atoms with Crippen LogP contribution in [0.4, 0.5) is 5.82 Å². The molecule has 1 unspecified atom stereocenters. The van der Waals surface area contributed by atoms with Gasteiger partial charge in [-0.1, -0.05) is 0 Å². The van der Waals surface area contributed by atoms with Gasteiger partial charge >= 0.3 is 5.97 Å². The normalized spacial score (nSPS) is 20.8. The summed E-state index contributed by atoms with van der Waals surface area (Å²) in [6.07, 6.45) is 2.90. The molecular weight excluding hydrogens is 226 g/mol. The molecule has 16 heavy (non-hydrogen) atoms. The fraction of sp³-hybridized carbons (Fsp3) is 0.500. The van der Waals surface area contributed by atoms with Gasteiger partial charge in [0.25, 0.3) is 0 Å². The highest BCUT2D eigenvalue weighted by atomic mass is 32.2. The summed E-state index contributed by atoms with van der Waals surface area (Å²) in [5, 5.41) is 8.85. The molecule has 0 bridgehead atoms. The van der Waals surface area contributed by atoms with Gasteiger partial charge in [0, 0.05) is 24.1 Å². The Morgan fingerprint density at radius 3 is 3.12 bits per heavy atom. The van der Waals surface area contributed by atoms with Crippen molar-refractivity contribution in [3.8, 4) is 0 Å². The average molecular weight is 239 g/mol. The number of nitrogens with zero attached hydrogens (tertiary/aromatic N) is 3. The Balaban J connectivity index is 2.25. The van der Waals surface area contributed by atoms with Crippen molar-refractivity contribution in [2.24, 2.45) is 0 Å². The van der Waals surface area contributed by atoms with E-state index in [0.717, 1.165) is 18.1 Å². The Bertz CT molecular complexity index is 399. The minimum absolute atomic E-state index is 0.00271. The summed E-state index contributed by atoms with van der Waals surface area (Å²) in [7, 11) is 0. The summed E-state index contributed by atoms with van der Waals surface area (Å²) in [6, 6.07) is 0.372. The molecule has 0 aromatic carbocycles. The number of hydrogen-bond donors (Lipinski definition) is 1. The van der Waals surface area contributed by atoms with Gasteiger partial charge in [-0.05, 0) is 6.92 Å². The Kier molecular flexibility index (Phi) is 3.28. The fourth-order valence-electron chi connectivity index (χ4n) is 1.66. The number of hydrogen-bond acceptors (Lipinski definition) is 5. The quantitative estimate of drug-likeness (QED) is 0.834. The van der Waals surface area contributed by atoms with Crippen LogP contribution >= 0.6 is 11.8 Å². The van der Waals surface area contributed by atoms with Crippen molar-refractivity contribution in [3.63, 3.8) is 0 Å². The number of carboxylic acids is 1. The number of rotatable bonds is 2. The summed E-state index contributed by atoms with van der Waals surface area (Å²) in [6.45, 7) is 3.00. The monoisotopic (exact) mass is 239 g/mol. The zero-order valence-electron chi connectivity index (χ0n) is 8.96. The molecule has 2 heterocycles. The molecule has 0 amide bonds. The molecule has 1 aromatic rings. The second-order valence-electron chi connectivity index (χ2n) is 3.68. The van der Waals surface area contributed by atoms with Gasteiger partial charge in [-0.3, -0.25) is 4.98 Å². The van der Waals surface area contributed by atoms with Crippen molar-refractivity contribution >= 4 is 23.5 Å². The number of thioether (sulfide) groups is 1. The second-order valence-corrected chi connectivity index (χ2v) is 4.83. The van der Waals surface area contributed by atoms with Gasteiger partial charge in [-0.2, -0.15) is 11.8 Å². The maximum absolute atomic E-state index is 10.8. The van der Waals surface area contributed by atoms with E-state index in [1.165, 1.54) is 6.20 Å². The van der Waals surface area contributed by atoms with Gasteiger partial charge in [-0.15, -0.1) is 0 Å². The first-order chi connectivity index (χ1) is 7.68. The van der Waals surface area contributed by atoms with Crippen LogP contribution in [0.2, 0.25) is 0 Å². The maximum Gasteiger partial charge on any atom is 0.356 e. The Hall–Kier alpha value is -1.30. The van der Waals surface area contributed by atoms with Crippen LogP contribution in [0.25, 0.3) is 0 Å². The Labute approximate surface area is 97.9 Å². The average Bonchev–Trinajstić information content (AvgIpc) is 2.30. The van der Waals surface area contributed by atoms with Gasteiger partial charge in [0.15, 0.2) is 5.69 Å². The molecule has 2 rings (SSSR count). The third kappa shape index (κ3) is 2.27. The minimum atomic E-state index is -1.03. The molecule has 0 aliphatic carbocycles. The van der Waals surface area contributed by atoms with Crippen LogP contribution in [-0.2, 0) is 0 Å². The van der Waals surface area contributed by atoms with Crippen molar-refractivity contribution in [1.29, 1.82) is 0 Å². The number of anilines is 1. The van der Waals surface area contributed by atoms with Gasteiger partial charge in [0.2, 0.25) is 0 Å². The van der Waals surface area contributed by atoms with E-state index in [4.69, 9.17) is 5.11 Å². The summed E-state index contributed by atoms with van der Waals surface area (Å²) in [4.78, 5) is 20.9. The maximum atomic E-state index is 10.8. The molecular formula is C10H13N3O2S. The Morgan fingerprint density at radius 2 is 2.44 bits per heavy atom. The van der Waals surface area contributed by atoms with E-state index in [9.17, 15) is 4.79 Å². The molecule has 1 aliphatic heterocycles. The molecule has 0 saturated carbocycles. The van der Waals surface area contributed by atoms with Crippen molar-refractivity contribution < 1.29 is 9.90 Å². The predicted octanol–water partition coefficient (Wildman–Crippen LogP) is 1.12. The lowest BCUT2D eigenvalue weighted by molar-refractivity contribution is 0.0690. The molecule has 5 nitrogen and oxygen atoms in total.